The van der Waals surface area contributed by atoms with Crippen molar-refractivity contribution < 1.29 is 0 Å². The molecule has 82 valence electrons. The monoisotopic (exact) mass is 196 g/mol. The normalized spacial score (nSPS) is 14.9. The first kappa shape index (κ1) is 13.4. The maximum absolute atomic E-state index is 8.97. The lowest BCUT2D eigenvalue weighted by Crippen LogP contribution is -2.43. The highest BCUT2D eigenvalue weighted by Gasteiger charge is 2.19. The van der Waals surface area contributed by atoms with Crippen LogP contribution in [0.1, 0.15) is 54.4 Å². The maximum Gasteiger partial charge on any atom is 0.0957 e. The van der Waals surface area contributed by atoms with Gasteiger partial charge in [-0.15, -0.1) is 0 Å². The van der Waals surface area contributed by atoms with Crippen molar-refractivity contribution in [3.05, 3.63) is 0 Å². The maximum atomic E-state index is 8.97. The van der Waals surface area contributed by atoms with Crippen LogP contribution in [0, 0.1) is 16.7 Å². The standard InChI is InChI=1S/C12H24N2/c1-11(2,3)8-7-10(9-13)14-12(4,5)6/h10,14H,7-8H2,1-6H3. The van der Waals surface area contributed by atoms with E-state index in [1.54, 1.807) is 0 Å². The van der Waals surface area contributed by atoms with Crippen LogP contribution in [-0.4, -0.2) is 11.6 Å². The van der Waals surface area contributed by atoms with Crippen LogP contribution in [0.15, 0.2) is 0 Å². The molecule has 0 heterocycles. The average Bonchev–Trinajstić information content (AvgIpc) is 1.94. The molecule has 0 saturated carbocycles. The number of rotatable bonds is 3. The second-order valence-electron chi connectivity index (χ2n) is 6.18. The summed E-state index contributed by atoms with van der Waals surface area (Å²) in [6.45, 7) is 12.9. The van der Waals surface area contributed by atoms with Gasteiger partial charge in [-0.2, -0.15) is 5.26 Å². The highest BCUT2D eigenvalue weighted by atomic mass is 15.0. The molecule has 0 spiro atoms. The molecule has 1 N–H and O–H groups in total. The van der Waals surface area contributed by atoms with Gasteiger partial charge in [-0.1, -0.05) is 20.8 Å². The van der Waals surface area contributed by atoms with Crippen LogP contribution in [0.4, 0.5) is 0 Å². The first-order chi connectivity index (χ1) is 6.14. The molecule has 0 saturated heterocycles. The molecule has 0 aromatic carbocycles. The van der Waals surface area contributed by atoms with Gasteiger partial charge in [0.1, 0.15) is 0 Å². The molecule has 2 heteroatoms. The first-order valence-electron chi connectivity index (χ1n) is 5.31. The van der Waals surface area contributed by atoms with Crippen molar-refractivity contribution in [3.8, 4) is 6.07 Å². The Hall–Kier alpha value is -0.550. The third kappa shape index (κ3) is 8.07. The van der Waals surface area contributed by atoms with E-state index in [-0.39, 0.29) is 11.6 Å². The molecule has 1 unspecified atom stereocenters. The van der Waals surface area contributed by atoms with Gasteiger partial charge in [0.05, 0.1) is 12.1 Å². The third-order valence-corrected chi connectivity index (χ3v) is 1.95. The van der Waals surface area contributed by atoms with Gasteiger partial charge in [0, 0.05) is 5.54 Å². The predicted molar refractivity (Wildman–Crippen MR) is 61.0 cm³/mol. The van der Waals surface area contributed by atoms with Crippen molar-refractivity contribution in [1.29, 1.82) is 5.26 Å². The van der Waals surface area contributed by atoms with E-state index >= 15 is 0 Å². The third-order valence-electron chi connectivity index (χ3n) is 1.95. The molecule has 14 heavy (non-hydrogen) atoms. The first-order valence-corrected chi connectivity index (χ1v) is 5.31. The summed E-state index contributed by atoms with van der Waals surface area (Å²) < 4.78 is 0. The molecule has 0 bridgehead atoms. The SMILES string of the molecule is CC(C)(C)CCC(C#N)NC(C)(C)C. The summed E-state index contributed by atoms with van der Waals surface area (Å²) in [4.78, 5) is 0. The average molecular weight is 196 g/mol. The topological polar surface area (TPSA) is 35.8 Å². The van der Waals surface area contributed by atoms with Crippen molar-refractivity contribution >= 4 is 0 Å². The number of hydrogen-bond donors (Lipinski definition) is 1. The van der Waals surface area contributed by atoms with Crippen LogP contribution in [0.5, 0.6) is 0 Å². The fraction of sp³-hybridized carbons (Fsp3) is 0.917. The minimum Gasteiger partial charge on any atom is -0.297 e. The lowest BCUT2D eigenvalue weighted by atomic mass is 9.88. The van der Waals surface area contributed by atoms with E-state index in [0.717, 1.165) is 12.8 Å². The van der Waals surface area contributed by atoms with Gasteiger partial charge in [0.25, 0.3) is 0 Å². The lowest BCUT2D eigenvalue weighted by Gasteiger charge is -2.26. The Bertz CT molecular complexity index is 200. The summed E-state index contributed by atoms with van der Waals surface area (Å²) in [5.41, 5.74) is 0.340. The Balaban J connectivity index is 4.01. The second-order valence-corrected chi connectivity index (χ2v) is 6.18. The van der Waals surface area contributed by atoms with Crippen molar-refractivity contribution in [2.24, 2.45) is 5.41 Å². The van der Waals surface area contributed by atoms with Crippen LogP contribution in [0.25, 0.3) is 0 Å². The molecule has 0 aliphatic heterocycles. The quantitative estimate of drug-likeness (QED) is 0.753. The number of nitrogens with one attached hydrogen (secondary N) is 1. The van der Waals surface area contributed by atoms with Crippen LogP contribution in [0.2, 0.25) is 0 Å². The number of hydrogen-bond acceptors (Lipinski definition) is 2. The molecule has 0 aliphatic rings. The molecule has 0 rings (SSSR count). The molecule has 0 radical (unpaired) electrons. The molecule has 0 aromatic rings. The lowest BCUT2D eigenvalue weighted by molar-refractivity contribution is 0.318. The van der Waals surface area contributed by atoms with Crippen LogP contribution in [0.3, 0.4) is 0 Å². The van der Waals surface area contributed by atoms with E-state index in [4.69, 9.17) is 5.26 Å². The Morgan fingerprint density at radius 2 is 1.64 bits per heavy atom. The summed E-state index contributed by atoms with van der Waals surface area (Å²) in [6, 6.07) is 2.30. The van der Waals surface area contributed by atoms with E-state index in [2.05, 4.69) is 52.9 Å². The Labute approximate surface area is 88.7 Å². The van der Waals surface area contributed by atoms with E-state index < -0.39 is 0 Å². The summed E-state index contributed by atoms with van der Waals surface area (Å²) in [5, 5.41) is 12.3. The van der Waals surface area contributed by atoms with Crippen molar-refractivity contribution in [1.82, 2.24) is 5.32 Å². The van der Waals surface area contributed by atoms with E-state index in [1.807, 2.05) is 0 Å². The molecule has 1 atom stereocenters. The molecular weight excluding hydrogens is 172 g/mol. The Morgan fingerprint density at radius 3 is 1.93 bits per heavy atom. The van der Waals surface area contributed by atoms with E-state index in [1.165, 1.54) is 0 Å². The molecule has 0 aliphatic carbocycles. The zero-order valence-corrected chi connectivity index (χ0v) is 10.4. The van der Waals surface area contributed by atoms with Gasteiger partial charge >= 0.3 is 0 Å². The predicted octanol–water partition coefficient (Wildman–Crippen LogP) is 3.09. The molecule has 2 nitrogen and oxygen atoms in total. The summed E-state index contributed by atoms with van der Waals surface area (Å²) in [5.74, 6) is 0. The zero-order chi connectivity index (χ0) is 11.4. The fourth-order valence-corrected chi connectivity index (χ4v) is 1.27. The van der Waals surface area contributed by atoms with Gasteiger partial charge in [0.2, 0.25) is 0 Å². The molecule has 0 amide bonds. The Kier molecular flexibility index (Phi) is 4.61. The van der Waals surface area contributed by atoms with Gasteiger partial charge in [-0.25, -0.2) is 0 Å². The van der Waals surface area contributed by atoms with Crippen molar-refractivity contribution in [3.63, 3.8) is 0 Å². The number of nitrogens with zero attached hydrogens (tertiary/aromatic N) is 1. The van der Waals surface area contributed by atoms with E-state index in [0.29, 0.717) is 5.41 Å². The smallest absolute Gasteiger partial charge is 0.0957 e. The van der Waals surface area contributed by atoms with Crippen LogP contribution in [-0.2, 0) is 0 Å². The van der Waals surface area contributed by atoms with E-state index in [9.17, 15) is 0 Å². The molecular formula is C12H24N2. The van der Waals surface area contributed by atoms with Gasteiger partial charge < -0.3 is 0 Å². The van der Waals surface area contributed by atoms with Crippen molar-refractivity contribution in [2.75, 3.05) is 0 Å². The second kappa shape index (κ2) is 4.79. The van der Waals surface area contributed by atoms with Gasteiger partial charge in [0.15, 0.2) is 0 Å². The van der Waals surface area contributed by atoms with Crippen LogP contribution >= 0.6 is 0 Å². The zero-order valence-electron chi connectivity index (χ0n) is 10.4. The minimum atomic E-state index is -0.0192. The van der Waals surface area contributed by atoms with Crippen molar-refractivity contribution in [2.45, 2.75) is 66.0 Å². The largest absolute Gasteiger partial charge is 0.297 e. The number of nitriles is 1. The summed E-state index contributed by atoms with van der Waals surface area (Å²) >= 11 is 0. The highest BCUT2D eigenvalue weighted by molar-refractivity contribution is 4.94. The summed E-state index contributed by atoms with van der Waals surface area (Å²) in [6.07, 6.45) is 2.01. The molecule has 0 aromatic heterocycles. The Morgan fingerprint density at radius 1 is 1.14 bits per heavy atom. The fourth-order valence-electron chi connectivity index (χ4n) is 1.27. The van der Waals surface area contributed by atoms with Crippen LogP contribution < -0.4 is 5.32 Å². The minimum absolute atomic E-state index is 0.0192. The van der Waals surface area contributed by atoms with Gasteiger partial charge in [-0.05, 0) is 39.0 Å². The highest BCUT2D eigenvalue weighted by Crippen LogP contribution is 2.22. The molecule has 0 fully saturated rings. The van der Waals surface area contributed by atoms with Gasteiger partial charge in [-0.3, -0.25) is 5.32 Å². The summed E-state index contributed by atoms with van der Waals surface area (Å²) in [7, 11) is 0.